The first-order chi connectivity index (χ1) is 10.0. The zero-order chi connectivity index (χ0) is 15.2. The number of aliphatic carboxylic acids is 1. The largest absolute Gasteiger partial charge is 0.481 e. The number of nitrogens with zero attached hydrogens (tertiary/aromatic N) is 1. The van der Waals surface area contributed by atoms with E-state index in [1.54, 1.807) is 12.1 Å². The highest BCUT2D eigenvalue weighted by Crippen LogP contribution is 2.14. The molecule has 0 bridgehead atoms. The Morgan fingerprint density at radius 1 is 1.14 bits per heavy atom. The lowest BCUT2D eigenvalue weighted by Crippen LogP contribution is -2.20. The third kappa shape index (κ3) is 4.31. The van der Waals surface area contributed by atoms with Gasteiger partial charge in [-0.25, -0.2) is 4.79 Å². The summed E-state index contributed by atoms with van der Waals surface area (Å²) in [5.41, 5.74) is 2.62. The van der Waals surface area contributed by atoms with Gasteiger partial charge in [0.1, 0.15) is 0 Å². The van der Waals surface area contributed by atoms with Crippen molar-refractivity contribution in [1.82, 2.24) is 4.98 Å². The molecule has 0 aliphatic carbocycles. The van der Waals surface area contributed by atoms with Crippen molar-refractivity contribution in [2.75, 3.05) is 10.6 Å². The van der Waals surface area contributed by atoms with Crippen LogP contribution in [0.5, 0.6) is 0 Å². The van der Waals surface area contributed by atoms with Crippen LogP contribution in [0.25, 0.3) is 0 Å². The van der Waals surface area contributed by atoms with E-state index in [2.05, 4.69) is 15.6 Å². The zero-order valence-corrected chi connectivity index (χ0v) is 11.5. The van der Waals surface area contributed by atoms with Crippen molar-refractivity contribution in [3.05, 3.63) is 53.9 Å². The number of aromatic nitrogens is 1. The Hall–Kier alpha value is -2.89. The number of benzene rings is 1. The molecule has 6 nitrogen and oxygen atoms in total. The van der Waals surface area contributed by atoms with Crippen LogP contribution in [0, 0.1) is 6.92 Å². The average molecular weight is 285 g/mol. The van der Waals surface area contributed by atoms with Crippen LogP contribution in [0.2, 0.25) is 0 Å². The molecule has 0 fully saturated rings. The van der Waals surface area contributed by atoms with Crippen LogP contribution in [0.3, 0.4) is 0 Å². The topological polar surface area (TPSA) is 91.3 Å². The fraction of sp³-hybridized carbons (Fsp3) is 0.133. The van der Waals surface area contributed by atoms with Gasteiger partial charge in [-0.2, -0.15) is 0 Å². The number of carbonyl (C=O) groups excluding carboxylic acids is 1. The molecule has 21 heavy (non-hydrogen) atoms. The van der Waals surface area contributed by atoms with Gasteiger partial charge in [0.25, 0.3) is 0 Å². The van der Waals surface area contributed by atoms with E-state index in [9.17, 15) is 9.59 Å². The van der Waals surface area contributed by atoms with Gasteiger partial charge in [0.05, 0.1) is 24.0 Å². The number of aryl methyl sites for hydroxylation is 1. The van der Waals surface area contributed by atoms with Crippen molar-refractivity contribution in [1.29, 1.82) is 0 Å². The second-order valence-electron chi connectivity index (χ2n) is 4.50. The molecule has 0 atom stereocenters. The molecule has 0 aliphatic heterocycles. The second kappa shape index (κ2) is 6.51. The SMILES string of the molecule is Cc1ccccc1NC(=O)Nc1ccc(CC(=O)O)nc1. The lowest BCUT2D eigenvalue weighted by atomic mass is 10.2. The second-order valence-corrected chi connectivity index (χ2v) is 4.50. The molecule has 3 N–H and O–H groups in total. The van der Waals surface area contributed by atoms with E-state index in [1.165, 1.54) is 6.20 Å². The fourth-order valence-corrected chi connectivity index (χ4v) is 1.76. The smallest absolute Gasteiger partial charge is 0.323 e. The van der Waals surface area contributed by atoms with Crippen LogP contribution >= 0.6 is 0 Å². The summed E-state index contributed by atoms with van der Waals surface area (Å²) < 4.78 is 0. The zero-order valence-electron chi connectivity index (χ0n) is 11.5. The lowest BCUT2D eigenvalue weighted by Gasteiger charge is -2.09. The Kier molecular flexibility index (Phi) is 4.50. The maximum absolute atomic E-state index is 11.9. The summed E-state index contributed by atoms with van der Waals surface area (Å²) in [4.78, 5) is 26.4. The Balaban J connectivity index is 1.96. The number of carboxylic acid groups (broad SMARTS) is 1. The Bertz CT molecular complexity index is 653. The van der Waals surface area contributed by atoms with E-state index in [0.717, 1.165) is 11.3 Å². The standard InChI is InChI=1S/C15H15N3O3/c1-10-4-2-3-5-13(10)18-15(21)17-12-7-6-11(16-9-12)8-14(19)20/h2-7,9H,8H2,1H3,(H,19,20)(H2,17,18,21). The molecular weight excluding hydrogens is 270 g/mol. The molecule has 0 saturated carbocycles. The quantitative estimate of drug-likeness (QED) is 0.805. The number of urea groups is 1. The molecule has 1 aromatic carbocycles. The minimum atomic E-state index is -0.944. The van der Waals surface area contributed by atoms with Crippen LogP contribution in [0.4, 0.5) is 16.2 Å². The minimum absolute atomic E-state index is 0.143. The van der Waals surface area contributed by atoms with Crippen molar-refractivity contribution in [3.8, 4) is 0 Å². The summed E-state index contributed by atoms with van der Waals surface area (Å²) in [5.74, 6) is -0.944. The third-order valence-electron chi connectivity index (χ3n) is 2.81. The predicted molar refractivity (Wildman–Crippen MR) is 79.4 cm³/mol. The molecule has 0 aliphatic rings. The summed E-state index contributed by atoms with van der Waals surface area (Å²) in [6.07, 6.45) is 1.28. The summed E-state index contributed by atoms with van der Waals surface area (Å²) in [6.45, 7) is 1.90. The molecule has 2 amide bonds. The van der Waals surface area contributed by atoms with Gasteiger partial charge in [-0.3, -0.25) is 9.78 Å². The predicted octanol–water partition coefficient (Wildman–Crippen LogP) is 2.66. The van der Waals surface area contributed by atoms with Crippen LogP contribution in [-0.2, 0) is 11.2 Å². The Morgan fingerprint density at radius 2 is 1.90 bits per heavy atom. The molecule has 2 rings (SSSR count). The van der Waals surface area contributed by atoms with Gasteiger partial charge in [-0.15, -0.1) is 0 Å². The van der Waals surface area contributed by atoms with Crippen molar-refractivity contribution in [2.45, 2.75) is 13.3 Å². The third-order valence-corrected chi connectivity index (χ3v) is 2.81. The molecular formula is C15H15N3O3. The molecule has 108 valence electrons. The number of para-hydroxylation sites is 1. The number of carbonyl (C=O) groups is 2. The Morgan fingerprint density at radius 3 is 2.52 bits per heavy atom. The van der Waals surface area contributed by atoms with Gasteiger partial charge in [0, 0.05) is 5.69 Å². The molecule has 1 aromatic heterocycles. The van der Waals surface area contributed by atoms with Gasteiger partial charge in [0.2, 0.25) is 0 Å². The molecule has 0 radical (unpaired) electrons. The molecule has 6 heteroatoms. The van der Waals surface area contributed by atoms with E-state index in [4.69, 9.17) is 5.11 Å². The number of nitrogens with one attached hydrogen (secondary N) is 2. The molecule has 0 spiro atoms. The van der Waals surface area contributed by atoms with Crippen molar-refractivity contribution in [2.24, 2.45) is 0 Å². The highest BCUT2D eigenvalue weighted by atomic mass is 16.4. The monoisotopic (exact) mass is 285 g/mol. The summed E-state index contributed by atoms with van der Waals surface area (Å²) in [7, 11) is 0. The number of amides is 2. The number of rotatable bonds is 4. The highest BCUT2D eigenvalue weighted by molar-refractivity contribution is 6.00. The first-order valence-electron chi connectivity index (χ1n) is 6.35. The van der Waals surface area contributed by atoms with Crippen molar-refractivity contribution in [3.63, 3.8) is 0 Å². The van der Waals surface area contributed by atoms with E-state index in [-0.39, 0.29) is 12.5 Å². The minimum Gasteiger partial charge on any atom is -0.481 e. The number of carboxylic acids is 1. The van der Waals surface area contributed by atoms with E-state index in [1.807, 2.05) is 31.2 Å². The van der Waals surface area contributed by atoms with Gasteiger partial charge in [-0.1, -0.05) is 18.2 Å². The summed E-state index contributed by atoms with van der Waals surface area (Å²) >= 11 is 0. The molecule has 1 heterocycles. The van der Waals surface area contributed by atoms with Crippen molar-refractivity contribution >= 4 is 23.4 Å². The maximum atomic E-state index is 11.9. The van der Waals surface area contributed by atoms with Gasteiger partial charge in [-0.05, 0) is 30.7 Å². The first kappa shape index (κ1) is 14.5. The number of hydrogen-bond acceptors (Lipinski definition) is 3. The molecule has 2 aromatic rings. The summed E-state index contributed by atoms with van der Waals surface area (Å²) in [6, 6.07) is 10.2. The maximum Gasteiger partial charge on any atom is 0.323 e. The number of pyridine rings is 1. The number of anilines is 2. The lowest BCUT2D eigenvalue weighted by molar-refractivity contribution is -0.136. The fourth-order valence-electron chi connectivity index (χ4n) is 1.76. The van der Waals surface area contributed by atoms with E-state index in [0.29, 0.717) is 11.4 Å². The highest BCUT2D eigenvalue weighted by Gasteiger charge is 2.06. The number of hydrogen-bond donors (Lipinski definition) is 3. The van der Waals surface area contributed by atoms with Gasteiger partial charge in [0.15, 0.2) is 0 Å². The average Bonchev–Trinajstić information content (AvgIpc) is 2.43. The van der Waals surface area contributed by atoms with Crippen LogP contribution in [0.15, 0.2) is 42.6 Å². The first-order valence-corrected chi connectivity index (χ1v) is 6.35. The van der Waals surface area contributed by atoms with Gasteiger partial charge < -0.3 is 15.7 Å². The van der Waals surface area contributed by atoms with Crippen molar-refractivity contribution < 1.29 is 14.7 Å². The molecule has 0 saturated heterocycles. The van der Waals surface area contributed by atoms with E-state index < -0.39 is 5.97 Å². The van der Waals surface area contributed by atoms with Crippen LogP contribution < -0.4 is 10.6 Å². The van der Waals surface area contributed by atoms with Crippen LogP contribution in [0.1, 0.15) is 11.3 Å². The Labute approximate surface area is 121 Å². The van der Waals surface area contributed by atoms with Gasteiger partial charge >= 0.3 is 12.0 Å². The summed E-state index contributed by atoms with van der Waals surface area (Å²) in [5, 5.41) is 14.0. The normalized spacial score (nSPS) is 9.95. The van der Waals surface area contributed by atoms with Crippen LogP contribution in [-0.4, -0.2) is 22.1 Å². The molecule has 0 unspecified atom stereocenters. The van der Waals surface area contributed by atoms with E-state index >= 15 is 0 Å².